The Morgan fingerprint density at radius 3 is 2.79 bits per heavy atom. The van der Waals surface area contributed by atoms with Crippen LogP contribution in [0.1, 0.15) is 5.69 Å². The molecular weight excluding hydrogens is 234 g/mol. The Morgan fingerprint density at radius 2 is 1.89 bits per heavy atom. The topological polar surface area (TPSA) is 26.0 Å². The summed E-state index contributed by atoms with van der Waals surface area (Å²) in [5.41, 5.74) is 2.66. The number of hydrogen-bond donors (Lipinski definition) is 0. The zero-order valence-electron chi connectivity index (χ0n) is 10.3. The van der Waals surface area contributed by atoms with Crippen LogP contribution in [0, 0.1) is 0 Å². The van der Waals surface area contributed by atoms with Gasteiger partial charge in [0.2, 0.25) is 0 Å². The summed E-state index contributed by atoms with van der Waals surface area (Å²) in [6.07, 6.45) is 3.57. The largest absolute Gasteiger partial charge is 0.455 e. The molecule has 2 aromatic carbocycles. The van der Waals surface area contributed by atoms with Crippen LogP contribution in [0.25, 0.3) is 38.8 Å². The van der Waals surface area contributed by atoms with Crippen molar-refractivity contribution in [2.24, 2.45) is 0 Å². The van der Waals surface area contributed by atoms with Crippen LogP contribution in [0.5, 0.6) is 0 Å². The maximum absolute atomic E-state index is 6.02. The summed E-state index contributed by atoms with van der Waals surface area (Å²) in [5, 5.41) is 4.42. The van der Waals surface area contributed by atoms with Crippen molar-refractivity contribution in [1.82, 2.24) is 4.98 Å². The van der Waals surface area contributed by atoms with Crippen molar-refractivity contribution in [2.45, 2.75) is 0 Å². The molecule has 2 nitrogen and oxygen atoms in total. The molecule has 0 saturated heterocycles. The van der Waals surface area contributed by atoms with Gasteiger partial charge in [0.25, 0.3) is 0 Å². The van der Waals surface area contributed by atoms with Crippen LogP contribution >= 0.6 is 0 Å². The van der Waals surface area contributed by atoms with Gasteiger partial charge in [0.15, 0.2) is 0 Å². The van der Waals surface area contributed by atoms with Gasteiger partial charge in [-0.05, 0) is 29.7 Å². The van der Waals surface area contributed by atoms with Crippen molar-refractivity contribution in [3.8, 4) is 0 Å². The Hall–Kier alpha value is -2.61. The molecule has 0 radical (unpaired) electrons. The summed E-state index contributed by atoms with van der Waals surface area (Å²) in [6, 6.07) is 14.3. The second kappa shape index (κ2) is 3.69. The van der Waals surface area contributed by atoms with Gasteiger partial charge in [0.05, 0.1) is 11.1 Å². The van der Waals surface area contributed by atoms with Gasteiger partial charge >= 0.3 is 0 Å². The van der Waals surface area contributed by atoms with Gasteiger partial charge in [0.1, 0.15) is 11.2 Å². The Labute approximate surface area is 110 Å². The van der Waals surface area contributed by atoms with Crippen molar-refractivity contribution in [3.63, 3.8) is 0 Å². The Bertz CT molecular complexity index is 934. The molecule has 0 bridgehead atoms. The molecule has 0 aliphatic heterocycles. The highest BCUT2D eigenvalue weighted by Gasteiger charge is 2.11. The normalized spacial score (nSPS) is 11.4. The second-order valence-electron chi connectivity index (χ2n) is 4.54. The summed E-state index contributed by atoms with van der Waals surface area (Å²) in [4.78, 5) is 4.37. The predicted octanol–water partition coefficient (Wildman–Crippen LogP) is 4.78. The number of aromatic nitrogens is 1. The fraction of sp³-hybridized carbons (Fsp3) is 0. The van der Waals surface area contributed by atoms with Crippen LogP contribution in [0.4, 0.5) is 0 Å². The lowest BCUT2D eigenvalue weighted by Gasteiger charge is -2.01. The van der Waals surface area contributed by atoms with E-state index >= 15 is 0 Å². The summed E-state index contributed by atoms with van der Waals surface area (Å²) in [7, 11) is 0. The quantitative estimate of drug-likeness (QED) is 0.482. The number of benzene rings is 2. The van der Waals surface area contributed by atoms with Crippen LogP contribution < -0.4 is 0 Å². The molecule has 0 atom stereocenters. The molecule has 0 fully saturated rings. The van der Waals surface area contributed by atoms with Crippen LogP contribution in [0.15, 0.2) is 59.7 Å². The van der Waals surface area contributed by atoms with Crippen molar-refractivity contribution < 1.29 is 4.42 Å². The second-order valence-corrected chi connectivity index (χ2v) is 4.54. The highest BCUT2D eigenvalue weighted by molar-refractivity contribution is 6.16. The number of pyridine rings is 1. The fourth-order valence-electron chi connectivity index (χ4n) is 2.62. The van der Waals surface area contributed by atoms with Crippen LogP contribution in [-0.4, -0.2) is 4.98 Å². The van der Waals surface area contributed by atoms with E-state index in [-0.39, 0.29) is 0 Å². The smallest absolute Gasteiger partial charge is 0.145 e. The minimum absolute atomic E-state index is 0.863. The molecule has 0 unspecified atom stereocenters. The number of fused-ring (bicyclic) bond motifs is 5. The van der Waals surface area contributed by atoms with Crippen LogP contribution in [-0.2, 0) is 0 Å². The van der Waals surface area contributed by atoms with Crippen molar-refractivity contribution in [2.75, 3.05) is 0 Å². The van der Waals surface area contributed by atoms with Gasteiger partial charge in [-0.3, -0.25) is 4.98 Å². The van der Waals surface area contributed by atoms with E-state index in [0.29, 0.717) is 0 Å². The third-order valence-corrected chi connectivity index (χ3v) is 3.50. The van der Waals surface area contributed by atoms with Gasteiger partial charge in [-0.25, -0.2) is 0 Å². The van der Waals surface area contributed by atoms with Crippen molar-refractivity contribution >= 4 is 38.8 Å². The molecule has 2 heterocycles. The highest BCUT2D eigenvalue weighted by atomic mass is 16.3. The average Bonchev–Trinajstić information content (AvgIpc) is 2.85. The molecule has 2 heteroatoms. The molecular formula is C17H11NO. The lowest BCUT2D eigenvalue weighted by Crippen LogP contribution is -1.83. The van der Waals surface area contributed by atoms with E-state index in [2.05, 4.69) is 29.8 Å². The average molecular weight is 245 g/mol. The number of nitrogens with zero attached hydrogens (tertiary/aromatic N) is 1. The van der Waals surface area contributed by atoms with E-state index < -0.39 is 0 Å². The van der Waals surface area contributed by atoms with Crippen LogP contribution in [0.2, 0.25) is 0 Å². The molecule has 0 saturated carbocycles. The number of rotatable bonds is 1. The van der Waals surface area contributed by atoms with Gasteiger partial charge < -0.3 is 4.42 Å². The summed E-state index contributed by atoms with van der Waals surface area (Å²) in [5.74, 6) is 0. The first-order valence-corrected chi connectivity index (χ1v) is 6.20. The lowest BCUT2D eigenvalue weighted by molar-refractivity contribution is 0.672. The molecule has 19 heavy (non-hydrogen) atoms. The van der Waals surface area contributed by atoms with Gasteiger partial charge in [-0.15, -0.1) is 0 Å². The number of furan rings is 1. The standard InChI is InChI=1S/C17H11NO/c1-2-14-16-11(9-10-18-14)7-8-13-12-5-3-4-6-15(12)19-17(13)16/h2-10H,1H2. The van der Waals surface area contributed by atoms with Crippen molar-refractivity contribution in [1.29, 1.82) is 0 Å². The Balaban J connectivity index is 2.34. The minimum atomic E-state index is 0.863. The Morgan fingerprint density at radius 1 is 1.00 bits per heavy atom. The zero-order valence-corrected chi connectivity index (χ0v) is 10.3. The van der Waals surface area contributed by atoms with Crippen molar-refractivity contribution in [3.05, 3.63) is 60.9 Å². The van der Waals surface area contributed by atoms with E-state index in [9.17, 15) is 0 Å². The monoisotopic (exact) mass is 245 g/mol. The van der Waals surface area contributed by atoms with Gasteiger partial charge in [0, 0.05) is 17.0 Å². The predicted molar refractivity (Wildman–Crippen MR) is 79.1 cm³/mol. The minimum Gasteiger partial charge on any atom is -0.455 e. The molecule has 90 valence electrons. The highest BCUT2D eigenvalue weighted by Crippen LogP contribution is 2.34. The molecule has 4 aromatic rings. The first-order valence-electron chi connectivity index (χ1n) is 6.20. The van der Waals surface area contributed by atoms with E-state index in [1.807, 2.05) is 24.3 Å². The van der Waals surface area contributed by atoms with E-state index in [1.165, 1.54) is 0 Å². The SMILES string of the molecule is C=Cc1nccc2ccc3c4ccccc4oc3c12. The fourth-order valence-corrected chi connectivity index (χ4v) is 2.62. The summed E-state index contributed by atoms with van der Waals surface area (Å²) < 4.78 is 6.02. The first kappa shape index (κ1) is 10.3. The number of para-hydroxylation sites is 1. The molecule has 0 amide bonds. The van der Waals surface area contributed by atoms with Gasteiger partial charge in [-0.2, -0.15) is 0 Å². The molecule has 4 rings (SSSR count). The van der Waals surface area contributed by atoms with E-state index in [4.69, 9.17) is 4.42 Å². The molecule has 0 spiro atoms. The third-order valence-electron chi connectivity index (χ3n) is 3.50. The van der Waals surface area contributed by atoms with E-state index in [1.54, 1.807) is 12.3 Å². The van der Waals surface area contributed by atoms with Gasteiger partial charge in [-0.1, -0.05) is 30.8 Å². The molecule has 2 aromatic heterocycles. The first-order chi connectivity index (χ1) is 9.38. The van der Waals surface area contributed by atoms with E-state index in [0.717, 1.165) is 38.4 Å². The molecule has 0 aliphatic carbocycles. The Kier molecular flexibility index (Phi) is 2.00. The maximum Gasteiger partial charge on any atom is 0.145 e. The summed E-state index contributed by atoms with van der Waals surface area (Å²) >= 11 is 0. The molecule has 0 N–H and O–H groups in total. The van der Waals surface area contributed by atoms with Crippen LogP contribution in [0.3, 0.4) is 0 Å². The maximum atomic E-state index is 6.02. The summed E-state index contributed by atoms with van der Waals surface area (Å²) in [6.45, 7) is 3.84. The zero-order chi connectivity index (χ0) is 12.8. The molecule has 0 aliphatic rings. The lowest BCUT2D eigenvalue weighted by atomic mass is 10.1. The number of hydrogen-bond acceptors (Lipinski definition) is 2. The third kappa shape index (κ3) is 1.34.